The lowest BCUT2D eigenvalue weighted by molar-refractivity contribution is 0.0739. The highest BCUT2D eigenvalue weighted by Gasteiger charge is 2.31. The molecule has 0 aliphatic carbocycles. The number of ether oxygens (including phenoxy) is 3. The molecule has 4 rings (SSSR count). The fourth-order valence-electron chi connectivity index (χ4n) is 3.59. The van der Waals surface area contributed by atoms with Gasteiger partial charge in [-0.1, -0.05) is 38.1 Å². The zero-order chi connectivity index (χ0) is 23.4. The SMILES string of the molecule is CC(C)CCOc1cccc(C2C(C#N)=C(N)Oc3cc(OC(=O)c4cccs4)ccc32)c1. The molecule has 0 saturated carbocycles. The van der Waals surface area contributed by atoms with Gasteiger partial charge < -0.3 is 19.9 Å². The van der Waals surface area contributed by atoms with Crippen LogP contribution in [0.5, 0.6) is 17.2 Å². The summed E-state index contributed by atoms with van der Waals surface area (Å²) >= 11 is 1.31. The fraction of sp³-hybridized carbons (Fsp3) is 0.231. The van der Waals surface area contributed by atoms with Gasteiger partial charge in [-0.2, -0.15) is 5.26 Å². The number of nitrogens with zero attached hydrogens (tertiary/aromatic N) is 1. The second-order valence-electron chi connectivity index (χ2n) is 8.09. The zero-order valence-electron chi connectivity index (χ0n) is 18.4. The third kappa shape index (κ3) is 5.02. The number of allylic oxidation sites excluding steroid dienone is 1. The molecule has 1 aromatic heterocycles. The number of esters is 1. The number of benzene rings is 2. The minimum atomic E-state index is -0.440. The second-order valence-corrected chi connectivity index (χ2v) is 9.04. The monoisotopic (exact) mass is 460 g/mol. The second kappa shape index (κ2) is 9.80. The minimum absolute atomic E-state index is 0.0304. The maximum Gasteiger partial charge on any atom is 0.353 e. The number of thiophene rings is 1. The number of hydrogen-bond donors (Lipinski definition) is 1. The number of nitrogens with two attached hydrogens (primary N) is 1. The highest BCUT2D eigenvalue weighted by atomic mass is 32.1. The third-order valence-electron chi connectivity index (χ3n) is 5.28. The summed E-state index contributed by atoms with van der Waals surface area (Å²) in [5.74, 6) is 1.23. The quantitative estimate of drug-likeness (QED) is 0.364. The molecule has 2 aromatic carbocycles. The molecule has 1 unspecified atom stereocenters. The van der Waals surface area contributed by atoms with Gasteiger partial charge in [0.2, 0.25) is 5.88 Å². The average Bonchev–Trinajstić information content (AvgIpc) is 3.33. The van der Waals surface area contributed by atoms with Crippen molar-refractivity contribution in [1.29, 1.82) is 5.26 Å². The van der Waals surface area contributed by atoms with Gasteiger partial charge >= 0.3 is 5.97 Å². The smallest absolute Gasteiger partial charge is 0.353 e. The summed E-state index contributed by atoms with van der Waals surface area (Å²) in [6.45, 7) is 4.92. The van der Waals surface area contributed by atoms with Gasteiger partial charge in [0, 0.05) is 11.6 Å². The van der Waals surface area contributed by atoms with Crippen molar-refractivity contribution < 1.29 is 19.0 Å². The Morgan fingerprint density at radius 2 is 2.03 bits per heavy atom. The molecule has 6 nitrogen and oxygen atoms in total. The van der Waals surface area contributed by atoms with Crippen LogP contribution in [0.1, 0.15) is 47.0 Å². The first kappa shape index (κ1) is 22.4. The Morgan fingerprint density at radius 3 is 2.76 bits per heavy atom. The molecule has 1 atom stereocenters. The normalized spacial score (nSPS) is 14.9. The van der Waals surface area contributed by atoms with E-state index in [1.807, 2.05) is 29.6 Å². The first-order valence-corrected chi connectivity index (χ1v) is 11.5. The summed E-state index contributed by atoms with van der Waals surface area (Å²) in [5.41, 5.74) is 8.06. The summed E-state index contributed by atoms with van der Waals surface area (Å²) < 4.78 is 17.1. The van der Waals surface area contributed by atoms with Gasteiger partial charge in [0.1, 0.15) is 33.8 Å². The molecule has 0 radical (unpaired) electrons. The van der Waals surface area contributed by atoms with Crippen LogP contribution < -0.4 is 19.9 Å². The van der Waals surface area contributed by atoms with Crippen molar-refractivity contribution in [1.82, 2.24) is 0 Å². The molecular formula is C26H24N2O4S. The third-order valence-corrected chi connectivity index (χ3v) is 6.13. The van der Waals surface area contributed by atoms with Crippen molar-refractivity contribution in [2.45, 2.75) is 26.2 Å². The standard InChI is InChI=1S/C26H24N2O4S/c1-16(2)10-11-30-18-6-3-5-17(13-18)24-20-9-8-19(31-26(29)23-7-4-12-33-23)14-22(20)32-25(28)21(24)15-27/h3-9,12-14,16,24H,10-11,28H2,1-2H3. The van der Waals surface area contributed by atoms with Gasteiger partial charge in [-0.3, -0.25) is 0 Å². The maximum atomic E-state index is 12.3. The van der Waals surface area contributed by atoms with E-state index in [1.165, 1.54) is 11.3 Å². The lowest BCUT2D eigenvalue weighted by atomic mass is 9.83. The summed E-state index contributed by atoms with van der Waals surface area (Å²) in [4.78, 5) is 12.8. The summed E-state index contributed by atoms with van der Waals surface area (Å²) in [6, 6.07) is 18.5. The predicted octanol–water partition coefficient (Wildman–Crippen LogP) is 5.61. The molecule has 2 heterocycles. The van der Waals surface area contributed by atoms with E-state index < -0.39 is 11.9 Å². The Kier molecular flexibility index (Phi) is 6.66. The Labute approximate surface area is 196 Å². The highest BCUT2D eigenvalue weighted by molar-refractivity contribution is 7.12. The average molecular weight is 461 g/mol. The molecule has 168 valence electrons. The maximum absolute atomic E-state index is 12.3. The van der Waals surface area contributed by atoms with Gasteiger partial charge in [0.05, 0.1) is 12.5 Å². The summed E-state index contributed by atoms with van der Waals surface area (Å²) in [7, 11) is 0. The molecule has 0 fully saturated rings. The Morgan fingerprint density at radius 1 is 1.18 bits per heavy atom. The van der Waals surface area contributed by atoms with E-state index in [0.29, 0.717) is 34.5 Å². The molecule has 0 amide bonds. The molecule has 33 heavy (non-hydrogen) atoms. The first-order chi connectivity index (χ1) is 16.0. The van der Waals surface area contributed by atoms with Crippen molar-refractivity contribution in [2.24, 2.45) is 11.7 Å². The predicted molar refractivity (Wildman–Crippen MR) is 126 cm³/mol. The van der Waals surface area contributed by atoms with Crippen LogP contribution in [0.2, 0.25) is 0 Å². The van der Waals surface area contributed by atoms with Crippen molar-refractivity contribution in [3.63, 3.8) is 0 Å². The first-order valence-electron chi connectivity index (χ1n) is 10.7. The van der Waals surface area contributed by atoms with Crippen LogP contribution in [0.15, 0.2) is 71.4 Å². The van der Waals surface area contributed by atoms with E-state index in [9.17, 15) is 10.1 Å². The van der Waals surface area contributed by atoms with Crippen molar-refractivity contribution in [3.05, 3.63) is 87.4 Å². The summed E-state index contributed by atoms with van der Waals surface area (Å²) in [5, 5.41) is 11.6. The minimum Gasteiger partial charge on any atom is -0.494 e. The van der Waals surface area contributed by atoms with Gasteiger partial charge in [0.15, 0.2) is 0 Å². The molecule has 1 aliphatic heterocycles. The molecule has 0 bridgehead atoms. The van der Waals surface area contributed by atoms with Crippen LogP contribution in [0.3, 0.4) is 0 Å². The van der Waals surface area contributed by atoms with Gasteiger partial charge in [0.25, 0.3) is 0 Å². The number of hydrogen-bond acceptors (Lipinski definition) is 7. The van der Waals surface area contributed by atoms with E-state index in [0.717, 1.165) is 23.3 Å². The van der Waals surface area contributed by atoms with Gasteiger partial charge in [-0.15, -0.1) is 11.3 Å². The Hall–Kier alpha value is -3.76. The molecule has 1 aliphatic rings. The molecule has 3 aromatic rings. The van der Waals surface area contributed by atoms with Crippen LogP contribution in [-0.4, -0.2) is 12.6 Å². The Bertz CT molecular complexity index is 1230. The van der Waals surface area contributed by atoms with Crippen LogP contribution in [0.25, 0.3) is 0 Å². The molecule has 7 heteroatoms. The number of nitriles is 1. The van der Waals surface area contributed by atoms with Crippen LogP contribution >= 0.6 is 11.3 Å². The van der Waals surface area contributed by atoms with E-state index in [2.05, 4.69) is 19.9 Å². The number of fused-ring (bicyclic) bond motifs is 1. The van der Waals surface area contributed by atoms with E-state index in [4.69, 9.17) is 19.9 Å². The van der Waals surface area contributed by atoms with Gasteiger partial charge in [-0.25, -0.2) is 4.79 Å². The van der Waals surface area contributed by atoms with Gasteiger partial charge in [-0.05, 0) is 47.5 Å². The van der Waals surface area contributed by atoms with Crippen LogP contribution in [0, 0.1) is 17.2 Å². The topological polar surface area (TPSA) is 94.6 Å². The number of carbonyl (C=O) groups is 1. The molecule has 2 N–H and O–H groups in total. The van der Waals surface area contributed by atoms with E-state index in [1.54, 1.807) is 30.3 Å². The number of rotatable bonds is 7. The largest absolute Gasteiger partial charge is 0.494 e. The highest BCUT2D eigenvalue weighted by Crippen LogP contribution is 2.44. The molecule has 0 spiro atoms. The lowest BCUT2D eigenvalue weighted by Gasteiger charge is -2.27. The lowest BCUT2D eigenvalue weighted by Crippen LogP contribution is -2.21. The summed E-state index contributed by atoms with van der Waals surface area (Å²) in [6.07, 6.45) is 0.952. The van der Waals surface area contributed by atoms with E-state index >= 15 is 0 Å². The van der Waals surface area contributed by atoms with Crippen molar-refractivity contribution in [3.8, 4) is 23.3 Å². The number of carbonyl (C=O) groups excluding carboxylic acids is 1. The fourth-order valence-corrected chi connectivity index (χ4v) is 4.19. The van der Waals surface area contributed by atoms with Crippen molar-refractivity contribution in [2.75, 3.05) is 6.61 Å². The zero-order valence-corrected chi connectivity index (χ0v) is 19.2. The molecular weight excluding hydrogens is 436 g/mol. The van der Waals surface area contributed by atoms with Crippen LogP contribution in [-0.2, 0) is 0 Å². The van der Waals surface area contributed by atoms with Crippen LogP contribution in [0.4, 0.5) is 0 Å². The Balaban J connectivity index is 1.64. The van der Waals surface area contributed by atoms with Crippen molar-refractivity contribution >= 4 is 17.3 Å². The molecule has 0 saturated heterocycles. The van der Waals surface area contributed by atoms with E-state index in [-0.39, 0.29) is 5.88 Å².